The molecule has 0 saturated carbocycles. The maximum atomic E-state index is 12.8. The van der Waals surface area contributed by atoms with Crippen LogP contribution in [0.4, 0.5) is 17.5 Å². The van der Waals surface area contributed by atoms with Crippen molar-refractivity contribution in [1.82, 2.24) is 35.0 Å². The molecule has 5 aromatic rings. The third-order valence-corrected chi connectivity index (χ3v) is 7.27. The standard InChI is InChI=1S/C30H29N9O3/c1-4-39-28(41)21-16-33-29(36-25(21)30(39,2)3)35-24-13-22(34-23(17-40)18-9-6-5-7-10-18)20(15-32-24)27-37-26(38-42-27)19-11-8-12-31-14-19/h5-16,23,40H,4,17H2,1-3H3,(H2,32,33,34,35,36)/t23-/m1/s1. The molecule has 1 aliphatic heterocycles. The molecule has 6 rings (SSSR count). The quantitative estimate of drug-likeness (QED) is 0.231. The van der Waals surface area contributed by atoms with E-state index < -0.39 is 11.6 Å². The van der Waals surface area contributed by atoms with Crippen molar-refractivity contribution < 1.29 is 14.4 Å². The summed E-state index contributed by atoms with van der Waals surface area (Å²) < 4.78 is 5.62. The van der Waals surface area contributed by atoms with Gasteiger partial charge in [-0.05, 0) is 38.5 Å². The van der Waals surface area contributed by atoms with Gasteiger partial charge in [0.2, 0.25) is 11.8 Å². The summed E-state index contributed by atoms with van der Waals surface area (Å²) >= 11 is 0. The highest BCUT2D eigenvalue weighted by molar-refractivity contribution is 5.99. The molecule has 1 atom stereocenters. The van der Waals surface area contributed by atoms with E-state index in [1.807, 2.05) is 57.2 Å². The largest absolute Gasteiger partial charge is 0.394 e. The van der Waals surface area contributed by atoms with E-state index in [2.05, 4.69) is 40.7 Å². The SMILES string of the molecule is CCN1C(=O)c2cnc(Nc3cc(N[C@H](CO)c4ccccc4)c(-c4nc(-c5cccnc5)no4)cn3)nc2C1(C)C. The normalized spacial score (nSPS) is 14.5. The lowest BCUT2D eigenvalue weighted by Crippen LogP contribution is -2.39. The molecule has 0 unspecified atom stereocenters. The van der Waals surface area contributed by atoms with Gasteiger partial charge in [-0.15, -0.1) is 0 Å². The number of benzene rings is 1. The maximum Gasteiger partial charge on any atom is 0.261 e. The number of aliphatic hydroxyl groups is 1. The highest BCUT2D eigenvalue weighted by Gasteiger charge is 2.44. The Kier molecular flexibility index (Phi) is 7.05. The summed E-state index contributed by atoms with van der Waals surface area (Å²) in [5.74, 6) is 1.29. The number of pyridine rings is 2. The molecule has 42 heavy (non-hydrogen) atoms. The summed E-state index contributed by atoms with van der Waals surface area (Å²) in [5, 5.41) is 20.9. The fourth-order valence-electron chi connectivity index (χ4n) is 5.11. The highest BCUT2D eigenvalue weighted by Crippen LogP contribution is 2.38. The van der Waals surface area contributed by atoms with Gasteiger partial charge < -0.3 is 25.2 Å². The molecule has 5 heterocycles. The number of nitrogens with one attached hydrogen (secondary N) is 2. The van der Waals surface area contributed by atoms with Gasteiger partial charge in [0.25, 0.3) is 11.8 Å². The topological polar surface area (TPSA) is 155 Å². The number of fused-ring (bicyclic) bond motifs is 1. The number of aliphatic hydroxyl groups excluding tert-OH is 1. The second-order valence-corrected chi connectivity index (χ2v) is 10.3. The van der Waals surface area contributed by atoms with Gasteiger partial charge in [-0.1, -0.05) is 35.5 Å². The lowest BCUT2D eigenvalue weighted by molar-refractivity contribution is 0.0631. The summed E-state index contributed by atoms with van der Waals surface area (Å²) in [6, 6.07) is 14.6. The molecular weight excluding hydrogens is 534 g/mol. The summed E-state index contributed by atoms with van der Waals surface area (Å²) in [6.07, 6.45) is 6.48. The molecule has 1 aliphatic rings. The van der Waals surface area contributed by atoms with Gasteiger partial charge in [-0.3, -0.25) is 9.78 Å². The summed E-state index contributed by atoms with van der Waals surface area (Å²) in [5.41, 5.74) is 3.31. The van der Waals surface area contributed by atoms with Crippen LogP contribution in [0.5, 0.6) is 0 Å². The third-order valence-electron chi connectivity index (χ3n) is 7.27. The van der Waals surface area contributed by atoms with E-state index in [1.54, 1.807) is 41.8 Å². The minimum atomic E-state index is -0.571. The lowest BCUT2D eigenvalue weighted by Gasteiger charge is -2.30. The maximum absolute atomic E-state index is 12.8. The van der Waals surface area contributed by atoms with Crippen LogP contribution in [0, 0.1) is 0 Å². The van der Waals surface area contributed by atoms with Crippen LogP contribution >= 0.6 is 0 Å². The summed E-state index contributed by atoms with van der Waals surface area (Å²) in [4.78, 5) is 36.9. The Morgan fingerprint density at radius 1 is 1.02 bits per heavy atom. The van der Waals surface area contributed by atoms with Gasteiger partial charge >= 0.3 is 0 Å². The second-order valence-electron chi connectivity index (χ2n) is 10.3. The van der Waals surface area contributed by atoms with Crippen molar-refractivity contribution in [2.24, 2.45) is 0 Å². The van der Waals surface area contributed by atoms with Gasteiger partial charge in [0.1, 0.15) is 5.82 Å². The average molecular weight is 564 g/mol. The van der Waals surface area contributed by atoms with E-state index in [4.69, 9.17) is 4.52 Å². The Hall–Kier alpha value is -5.23. The highest BCUT2D eigenvalue weighted by atomic mass is 16.5. The zero-order valence-corrected chi connectivity index (χ0v) is 23.3. The van der Waals surface area contributed by atoms with Crippen molar-refractivity contribution in [2.45, 2.75) is 32.4 Å². The number of hydrogen-bond acceptors (Lipinski definition) is 11. The number of nitrogens with zero attached hydrogens (tertiary/aromatic N) is 7. The van der Waals surface area contributed by atoms with Crippen molar-refractivity contribution in [3.63, 3.8) is 0 Å². The molecule has 0 fully saturated rings. The third kappa shape index (κ3) is 4.92. The number of aromatic nitrogens is 6. The van der Waals surface area contributed by atoms with Gasteiger partial charge in [0, 0.05) is 43.0 Å². The van der Waals surface area contributed by atoms with E-state index >= 15 is 0 Å². The number of hydrogen-bond donors (Lipinski definition) is 3. The van der Waals surface area contributed by atoms with Crippen molar-refractivity contribution in [2.75, 3.05) is 23.8 Å². The second kappa shape index (κ2) is 11.0. The van der Waals surface area contributed by atoms with Gasteiger partial charge in [-0.25, -0.2) is 15.0 Å². The van der Waals surface area contributed by atoms with E-state index in [0.29, 0.717) is 52.2 Å². The Morgan fingerprint density at radius 2 is 1.83 bits per heavy atom. The molecule has 3 N–H and O–H groups in total. The Balaban J connectivity index is 1.36. The van der Waals surface area contributed by atoms with Crippen LogP contribution in [-0.4, -0.2) is 59.1 Å². The zero-order chi connectivity index (χ0) is 29.3. The minimum absolute atomic E-state index is 0.0841. The first-order valence-corrected chi connectivity index (χ1v) is 13.5. The molecule has 12 heteroatoms. The van der Waals surface area contributed by atoms with E-state index in [-0.39, 0.29) is 18.4 Å². The first-order valence-electron chi connectivity index (χ1n) is 13.5. The molecular formula is C30H29N9O3. The predicted molar refractivity (Wildman–Crippen MR) is 156 cm³/mol. The number of carbonyl (C=O) groups excluding carboxylic acids is 1. The smallest absolute Gasteiger partial charge is 0.261 e. The Labute approximate surface area is 241 Å². The monoisotopic (exact) mass is 563 g/mol. The van der Waals surface area contributed by atoms with Crippen molar-refractivity contribution in [1.29, 1.82) is 0 Å². The van der Waals surface area contributed by atoms with Gasteiger partial charge in [0.15, 0.2) is 0 Å². The van der Waals surface area contributed by atoms with E-state index in [1.165, 1.54) is 0 Å². The van der Waals surface area contributed by atoms with Crippen molar-refractivity contribution in [3.05, 3.63) is 90.1 Å². The van der Waals surface area contributed by atoms with Crippen molar-refractivity contribution in [3.8, 4) is 22.8 Å². The molecule has 12 nitrogen and oxygen atoms in total. The van der Waals surface area contributed by atoms with Gasteiger partial charge in [-0.2, -0.15) is 4.98 Å². The van der Waals surface area contributed by atoms with Crippen LogP contribution in [0.15, 0.2) is 77.8 Å². The number of anilines is 3. The summed E-state index contributed by atoms with van der Waals surface area (Å²) in [6.45, 7) is 6.28. The Bertz CT molecular complexity index is 1730. The minimum Gasteiger partial charge on any atom is -0.394 e. The van der Waals surface area contributed by atoms with Crippen LogP contribution in [0.25, 0.3) is 22.8 Å². The number of rotatable bonds is 9. The molecule has 1 aromatic carbocycles. The predicted octanol–water partition coefficient (Wildman–Crippen LogP) is 4.58. The van der Waals surface area contributed by atoms with E-state index in [9.17, 15) is 9.90 Å². The van der Waals surface area contributed by atoms with E-state index in [0.717, 1.165) is 5.56 Å². The van der Waals surface area contributed by atoms with Crippen molar-refractivity contribution >= 4 is 23.4 Å². The first-order chi connectivity index (χ1) is 20.4. The Morgan fingerprint density at radius 3 is 2.57 bits per heavy atom. The molecule has 0 radical (unpaired) electrons. The van der Waals surface area contributed by atoms with Crippen LogP contribution in [-0.2, 0) is 5.54 Å². The molecule has 4 aromatic heterocycles. The fourth-order valence-corrected chi connectivity index (χ4v) is 5.11. The molecule has 0 saturated heterocycles. The number of amides is 1. The molecule has 212 valence electrons. The average Bonchev–Trinajstić information content (AvgIpc) is 3.57. The van der Waals surface area contributed by atoms with Crippen LogP contribution < -0.4 is 10.6 Å². The van der Waals surface area contributed by atoms with Crippen LogP contribution in [0.2, 0.25) is 0 Å². The zero-order valence-electron chi connectivity index (χ0n) is 23.3. The molecule has 0 bridgehead atoms. The first kappa shape index (κ1) is 27.0. The molecule has 0 spiro atoms. The van der Waals surface area contributed by atoms with Gasteiger partial charge in [0.05, 0.1) is 40.7 Å². The lowest BCUT2D eigenvalue weighted by atomic mass is 10.0. The molecule has 1 amide bonds. The van der Waals surface area contributed by atoms with Crippen LogP contribution in [0.1, 0.15) is 48.4 Å². The van der Waals surface area contributed by atoms with Crippen LogP contribution in [0.3, 0.4) is 0 Å². The molecule has 0 aliphatic carbocycles. The fraction of sp³-hybridized carbons (Fsp3) is 0.233. The summed E-state index contributed by atoms with van der Waals surface area (Å²) in [7, 11) is 0. The number of carbonyl (C=O) groups is 1.